The lowest BCUT2D eigenvalue weighted by atomic mass is 10.8. The fourth-order valence-corrected chi connectivity index (χ4v) is 0.737. The molecule has 1 aromatic heterocycles. The Balaban J connectivity index is 3.24. The highest BCUT2D eigenvalue weighted by Gasteiger charge is 1.91. The Hall–Kier alpha value is -1.10. The van der Waals surface area contributed by atoms with Crippen molar-refractivity contribution in [3.63, 3.8) is 0 Å². The van der Waals surface area contributed by atoms with Gasteiger partial charge in [0.1, 0.15) is 0 Å². The van der Waals surface area contributed by atoms with Crippen LogP contribution >= 0.6 is 12.2 Å². The van der Waals surface area contributed by atoms with E-state index in [0.29, 0.717) is 4.77 Å². The highest BCUT2D eigenvalue weighted by Crippen LogP contribution is 1.85. The number of hydrogen-bond donors (Lipinski definition) is 3. The largest absolute Gasteiger partial charge is 0.369 e. The maximum absolute atomic E-state index is 6.95. The Kier molecular flexibility index (Phi) is 1.35. The van der Waals surface area contributed by atoms with E-state index in [1.807, 2.05) is 0 Å². The van der Waals surface area contributed by atoms with Gasteiger partial charge in [0.2, 0.25) is 0 Å². The molecule has 0 aliphatic heterocycles. The minimum atomic E-state index is -0.0683. The van der Waals surface area contributed by atoms with Crippen molar-refractivity contribution in [1.82, 2.24) is 9.55 Å². The molecular formula is C4H6N4S. The molecule has 0 unspecified atom stereocenters. The minimum Gasteiger partial charge on any atom is -0.369 e. The van der Waals surface area contributed by atoms with Gasteiger partial charge >= 0.3 is 0 Å². The minimum absolute atomic E-state index is 0.0683. The summed E-state index contributed by atoms with van der Waals surface area (Å²) >= 11 is 4.75. The molecule has 0 atom stereocenters. The Morgan fingerprint density at radius 1 is 1.89 bits per heavy atom. The lowest BCUT2D eigenvalue weighted by Gasteiger charge is -1.93. The SMILES string of the molecule is N=C(N)n1cc[nH]c1=S. The third-order valence-electron chi connectivity index (χ3n) is 0.909. The maximum atomic E-state index is 6.95. The molecule has 0 aromatic carbocycles. The van der Waals surface area contributed by atoms with Gasteiger partial charge < -0.3 is 10.7 Å². The molecule has 0 fully saturated rings. The number of aromatic nitrogens is 2. The van der Waals surface area contributed by atoms with Gasteiger partial charge in [-0.3, -0.25) is 9.98 Å². The second-order valence-electron chi connectivity index (χ2n) is 1.52. The summed E-state index contributed by atoms with van der Waals surface area (Å²) in [4.78, 5) is 2.71. The van der Waals surface area contributed by atoms with Crippen LogP contribution < -0.4 is 5.73 Å². The first-order valence-electron chi connectivity index (χ1n) is 2.32. The monoisotopic (exact) mass is 142 g/mol. The molecule has 0 aliphatic rings. The van der Waals surface area contributed by atoms with E-state index >= 15 is 0 Å². The van der Waals surface area contributed by atoms with Crippen LogP contribution in [0.15, 0.2) is 12.4 Å². The molecular weight excluding hydrogens is 136 g/mol. The highest BCUT2D eigenvalue weighted by atomic mass is 32.1. The molecule has 0 bridgehead atoms. The summed E-state index contributed by atoms with van der Waals surface area (Å²) in [5.41, 5.74) is 5.12. The zero-order valence-corrected chi connectivity index (χ0v) is 5.40. The molecule has 5 heteroatoms. The molecule has 0 spiro atoms. The van der Waals surface area contributed by atoms with Crippen LogP contribution in [-0.2, 0) is 0 Å². The molecule has 1 rings (SSSR count). The molecule has 0 saturated carbocycles. The third-order valence-corrected chi connectivity index (χ3v) is 1.22. The van der Waals surface area contributed by atoms with Crippen LogP contribution in [-0.4, -0.2) is 15.5 Å². The number of nitrogens with one attached hydrogen (secondary N) is 2. The van der Waals surface area contributed by atoms with Crippen LogP contribution in [0.2, 0.25) is 0 Å². The topological polar surface area (TPSA) is 70.6 Å². The number of nitrogens with zero attached hydrogens (tertiary/aromatic N) is 1. The molecule has 1 heterocycles. The lowest BCUT2D eigenvalue weighted by molar-refractivity contribution is 1.06. The molecule has 9 heavy (non-hydrogen) atoms. The van der Waals surface area contributed by atoms with Gasteiger partial charge in [0.05, 0.1) is 0 Å². The van der Waals surface area contributed by atoms with Gasteiger partial charge in [-0.15, -0.1) is 0 Å². The predicted octanol–water partition coefficient (Wildman–Crippen LogP) is 0.287. The van der Waals surface area contributed by atoms with E-state index in [-0.39, 0.29) is 5.96 Å². The van der Waals surface area contributed by atoms with Crippen molar-refractivity contribution in [2.24, 2.45) is 5.73 Å². The van der Waals surface area contributed by atoms with Gasteiger partial charge in [-0.05, 0) is 12.2 Å². The number of rotatable bonds is 0. The summed E-state index contributed by atoms with van der Waals surface area (Å²) in [5, 5.41) is 6.95. The fraction of sp³-hybridized carbons (Fsp3) is 0. The van der Waals surface area contributed by atoms with Crippen molar-refractivity contribution in [2.75, 3.05) is 0 Å². The van der Waals surface area contributed by atoms with Crippen LogP contribution in [0.3, 0.4) is 0 Å². The quantitative estimate of drug-likeness (QED) is 0.277. The molecule has 0 saturated heterocycles. The van der Waals surface area contributed by atoms with Crippen molar-refractivity contribution in [3.05, 3.63) is 17.2 Å². The smallest absolute Gasteiger partial charge is 0.199 e. The van der Waals surface area contributed by atoms with Crippen LogP contribution in [0.4, 0.5) is 0 Å². The van der Waals surface area contributed by atoms with Crippen LogP contribution in [0.25, 0.3) is 0 Å². The summed E-state index contributed by atoms with van der Waals surface area (Å²) in [7, 11) is 0. The van der Waals surface area contributed by atoms with Crippen molar-refractivity contribution in [2.45, 2.75) is 0 Å². The van der Waals surface area contributed by atoms with Gasteiger partial charge in [0.25, 0.3) is 0 Å². The maximum Gasteiger partial charge on any atom is 0.199 e. The second kappa shape index (κ2) is 2.02. The standard InChI is InChI=1S/C4H6N4S/c5-3(6)8-2-1-7-4(8)9/h1-2H,(H3,5,6)(H,7,9). The molecule has 4 N–H and O–H groups in total. The molecule has 1 aromatic rings. The Bertz CT molecular complexity index is 270. The second-order valence-corrected chi connectivity index (χ2v) is 1.91. The van der Waals surface area contributed by atoms with E-state index in [9.17, 15) is 0 Å². The summed E-state index contributed by atoms with van der Waals surface area (Å²) < 4.78 is 1.82. The average Bonchev–Trinajstić information content (AvgIpc) is 2.13. The normalized spacial score (nSPS) is 9.33. The first kappa shape index (κ1) is 6.03. The first-order chi connectivity index (χ1) is 4.22. The molecule has 0 radical (unpaired) electrons. The fourth-order valence-electron chi connectivity index (χ4n) is 0.510. The Morgan fingerprint density at radius 3 is 2.78 bits per heavy atom. The van der Waals surface area contributed by atoms with E-state index < -0.39 is 0 Å². The highest BCUT2D eigenvalue weighted by molar-refractivity contribution is 7.71. The van der Waals surface area contributed by atoms with Gasteiger partial charge in [-0.25, -0.2) is 0 Å². The van der Waals surface area contributed by atoms with Gasteiger partial charge in [0.15, 0.2) is 10.7 Å². The number of aromatic amines is 1. The van der Waals surface area contributed by atoms with Crippen LogP contribution in [0.5, 0.6) is 0 Å². The first-order valence-corrected chi connectivity index (χ1v) is 2.73. The lowest BCUT2D eigenvalue weighted by Crippen LogP contribution is -2.19. The van der Waals surface area contributed by atoms with Crippen LogP contribution in [0.1, 0.15) is 0 Å². The van der Waals surface area contributed by atoms with Crippen molar-refractivity contribution in [1.29, 1.82) is 5.41 Å². The number of nitrogens with two attached hydrogens (primary N) is 1. The number of nitrogen functional groups attached to an aromatic ring is 1. The molecule has 48 valence electrons. The summed E-state index contributed by atoms with van der Waals surface area (Å²) in [6.07, 6.45) is 3.23. The van der Waals surface area contributed by atoms with E-state index in [2.05, 4.69) is 4.98 Å². The molecule has 0 aliphatic carbocycles. The van der Waals surface area contributed by atoms with Crippen LogP contribution in [0, 0.1) is 10.2 Å². The van der Waals surface area contributed by atoms with E-state index in [1.54, 1.807) is 12.4 Å². The zero-order chi connectivity index (χ0) is 6.85. The van der Waals surface area contributed by atoms with Crippen molar-refractivity contribution in [3.8, 4) is 0 Å². The van der Waals surface area contributed by atoms with E-state index in [0.717, 1.165) is 0 Å². The zero-order valence-electron chi connectivity index (χ0n) is 4.59. The van der Waals surface area contributed by atoms with Gasteiger partial charge in [-0.2, -0.15) is 0 Å². The van der Waals surface area contributed by atoms with Crippen molar-refractivity contribution < 1.29 is 0 Å². The molecule has 0 amide bonds. The van der Waals surface area contributed by atoms with Crippen molar-refractivity contribution >= 4 is 18.2 Å². The molecule has 4 nitrogen and oxygen atoms in total. The van der Waals surface area contributed by atoms with Gasteiger partial charge in [0, 0.05) is 12.4 Å². The average molecular weight is 142 g/mol. The predicted molar refractivity (Wildman–Crippen MR) is 36.9 cm³/mol. The summed E-state index contributed by atoms with van der Waals surface area (Å²) in [6, 6.07) is 0. The van der Waals surface area contributed by atoms with E-state index in [4.69, 9.17) is 23.4 Å². The van der Waals surface area contributed by atoms with Gasteiger partial charge in [-0.1, -0.05) is 0 Å². The number of imidazole rings is 1. The Labute approximate surface area is 56.8 Å². The summed E-state index contributed by atoms with van der Waals surface area (Å²) in [5.74, 6) is -0.0683. The third kappa shape index (κ3) is 0.996. The number of H-pyrrole nitrogens is 1. The van der Waals surface area contributed by atoms with E-state index in [1.165, 1.54) is 4.57 Å². The Morgan fingerprint density at radius 2 is 2.56 bits per heavy atom. The summed E-state index contributed by atoms with van der Waals surface area (Å²) in [6.45, 7) is 0. The number of hydrogen-bond acceptors (Lipinski definition) is 2.